The number of anilines is 1. The number of nitrogens with zero attached hydrogens (tertiary/aromatic N) is 3. The molecule has 2 aromatic carbocycles. The van der Waals surface area contributed by atoms with Crippen molar-refractivity contribution in [3.05, 3.63) is 86.7 Å². The van der Waals surface area contributed by atoms with Gasteiger partial charge in [-0.15, -0.1) is 0 Å². The standard InChI is InChI=1S/C40H47N5O10.C5H11NO.C2H6.CH2O2/c1-22(2)44(18-23-9-10-31(42-36(49)17-41-3)34(13-23)54-37-15-24(47)14-35(55-37)40(51)52)12-11-25-26-7-5-6-8-30(26)43-38-28(25)19-45-32(38)16-27(33(48)20-46)29(21-53-4)39(45)50;1-4(2)5(6)3-7;1-2;2-1-3/h5-10,13,16,20,22,24,33,35,37,41,47-48H,11-12,14-15,17-19,21H2,1-4H3,(H,42,49)(H,51,52);3-5H,6H2,1-2H3;1-2H3;1H,(H,2,3). The van der Waals surface area contributed by atoms with Crippen LogP contribution >= 0.6 is 0 Å². The Morgan fingerprint density at radius 3 is 2.31 bits per heavy atom. The van der Waals surface area contributed by atoms with Gasteiger partial charge in [-0.25, -0.2) is 9.78 Å². The summed E-state index contributed by atoms with van der Waals surface area (Å²) in [4.78, 5) is 75.1. The van der Waals surface area contributed by atoms with Crippen molar-refractivity contribution in [1.29, 1.82) is 0 Å². The van der Waals surface area contributed by atoms with Gasteiger partial charge in [-0.05, 0) is 68.6 Å². The molecule has 0 spiro atoms. The molecule has 19 nitrogen and oxygen atoms in total. The van der Waals surface area contributed by atoms with Crippen molar-refractivity contribution in [2.24, 2.45) is 11.7 Å². The Morgan fingerprint density at radius 2 is 1.73 bits per heavy atom. The van der Waals surface area contributed by atoms with Gasteiger partial charge in [-0.1, -0.05) is 52.0 Å². The van der Waals surface area contributed by atoms with Crippen LogP contribution in [-0.4, -0.2) is 124 Å². The number of benzene rings is 2. The third-order valence-corrected chi connectivity index (χ3v) is 11.0. The Kier molecular flexibility index (Phi) is 22.3. The maximum Gasteiger partial charge on any atom is 0.333 e. The van der Waals surface area contributed by atoms with Crippen molar-refractivity contribution in [3.63, 3.8) is 0 Å². The van der Waals surface area contributed by atoms with E-state index in [4.69, 9.17) is 34.8 Å². The first kappa shape index (κ1) is 55.4. The highest BCUT2D eigenvalue weighted by molar-refractivity contribution is 5.93. The van der Waals surface area contributed by atoms with E-state index in [1.807, 2.05) is 58.0 Å². The molecule has 0 saturated carbocycles. The Hall–Kier alpha value is -5.93. The highest BCUT2D eigenvalue weighted by atomic mass is 16.7. The molecule has 2 aliphatic heterocycles. The number of hydrogen-bond acceptors (Lipinski definition) is 15. The molecule has 0 radical (unpaired) electrons. The number of aliphatic hydroxyl groups is 2. The highest BCUT2D eigenvalue weighted by Crippen LogP contribution is 2.38. The summed E-state index contributed by atoms with van der Waals surface area (Å²) < 4.78 is 18.7. The number of likely N-dealkylation sites (N-methyl/N-ethyl adjacent to an activating group) is 1. The molecule has 1 fully saturated rings. The van der Waals surface area contributed by atoms with Crippen LogP contribution < -0.4 is 26.7 Å². The van der Waals surface area contributed by atoms with Crippen molar-refractivity contribution >= 4 is 47.5 Å². The minimum atomic E-state index is -1.49. The Bertz CT molecular complexity index is 2350. The number of rotatable bonds is 18. The van der Waals surface area contributed by atoms with E-state index in [2.05, 4.69) is 29.4 Å². The molecule has 2 aromatic heterocycles. The summed E-state index contributed by atoms with van der Waals surface area (Å²) in [6.45, 7) is 13.1. The van der Waals surface area contributed by atoms with E-state index >= 15 is 0 Å². The van der Waals surface area contributed by atoms with Crippen molar-refractivity contribution in [1.82, 2.24) is 19.8 Å². The summed E-state index contributed by atoms with van der Waals surface area (Å²) >= 11 is 0. The second kappa shape index (κ2) is 27.0. The minimum Gasteiger partial charge on any atom is -0.483 e. The van der Waals surface area contributed by atoms with Gasteiger partial charge in [0.25, 0.3) is 12.0 Å². The van der Waals surface area contributed by atoms with Crippen molar-refractivity contribution < 1.29 is 58.6 Å². The number of carboxylic acid groups (broad SMARTS) is 2. The summed E-state index contributed by atoms with van der Waals surface area (Å²) in [5.74, 6) is -0.943. The van der Waals surface area contributed by atoms with Gasteiger partial charge in [0.2, 0.25) is 12.2 Å². The first-order valence-electron chi connectivity index (χ1n) is 22.1. The number of aliphatic carboxylic acids is 1. The van der Waals surface area contributed by atoms with Crippen LogP contribution in [0.5, 0.6) is 5.75 Å². The quantitative estimate of drug-likeness (QED) is 0.0618. The van der Waals surface area contributed by atoms with Gasteiger partial charge in [0.1, 0.15) is 18.1 Å². The zero-order chi connectivity index (χ0) is 50.0. The van der Waals surface area contributed by atoms with Crippen LogP contribution in [0.4, 0.5) is 5.69 Å². The smallest absolute Gasteiger partial charge is 0.333 e. The molecule has 2 aliphatic rings. The molecule has 4 heterocycles. The predicted octanol–water partition coefficient (Wildman–Crippen LogP) is 3.64. The molecule has 8 N–H and O–H groups in total. The molecule has 6 rings (SSSR count). The molecular formula is C48H66N6O13. The van der Waals surface area contributed by atoms with Gasteiger partial charge in [0.15, 0.2) is 12.4 Å². The molecule has 5 atom stereocenters. The number of methoxy groups -OCH3 is 1. The number of ether oxygens (including phenoxy) is 3. The number of nitrogens with one attached hydrogen (secondary N) is 2. The number of para-hydroxylation sites is 1. The summed E-state index contributed by atoms with van der Waals surface area (Å²) in [6, 6.07) is 14.7. The normalized spacial score (nSPS) is 16.8. The summed E-state index contributed by atoms with van der Waals surface area (Å²) in [7, 11) is 3.11. The van der Waals surface area contributed by atoms with Gasteiger partial charge >= 0.3 is 5.97 Å². The first-order chi connectivity index (χ1) is 32.0. The number of carbonyl (C=O) groups excluding carboxylic acids is 3. The number of nitrogens with two attached hydrogens (primary N) is 1. The van der Waals surface area contributed by atoms with Gasteiger partial charge in [0.05, 0.1) is 54.4 Å². The molecule has 19 heteroatoms. The molecule has 1 saturated heterocycles. The van der Waals surface area contributed by atoms with Crippen LogP contribution in [0.2, 0.25) is 0 Å². The van der Waals surface area contributed by atoms with Gasteiger partial charge < -0.3 is 65.2 Å². The van der Waals surface area contributed by atoms with Gasteiger partial charge in [-0.3, -0.25) is 19.3 Å². The average Bonchev–Trinajstić information content (AvgIpc) is 3.67. The van der Waals surface area contributed by atoms with E-state index < -0.39 is 30.6 Å². The van der Waals surface area contributed by atoms with E-state index in [0.717, 1.165) is 33.9 Å². The van der Waals surface area contributed by atoms with Crippen LogP contribution in [0.3, 0.4) is 0 Å². The van der Waals surface area contributed by atoms with Crippen molar-refractivity contribution in [2.45, 2.75) is 117 Å². The Morgan fingerprint density at radius 1 is 1.04 bits per heavy atom. The predicted molar refractivity (Wildman–Crippen MR) is 252 cm³/mol. The SMILES string of the molecule is CC.CC(C)C(N)C=O.CNCC(=O)Nc1ccc(CN(CCc2c3c(nc4ccccc24)-c2cc(C(O)C=O)c(COC)c(=O)n2C3)C(C)C)cc1OC1CC(O)CC(C(=O)O)O1.O=CO. The Labute approximate surface area is 390 Å². The lowest BCUT2D eigenvalue weighted by atomic mass is 9.97. The number of aliphatic hydroxyl groups excluding tert-OH is 2. The fraction of sp³-hybridized carbons (Fsp3) is 0.479. The fourth-order valence-electron chi connectivity index (χ4n) is 7.46. The summed E-state index contributed by atoms with van der Waals surface area (Å²) in [5.41, 5.74) is 10.4. The highest BCUT2D eigenvalue weighted by Gasteiger charge is 2.35. The van der Waals surface area contributed by atoms with E-state index in [1.54, 1.807) is 29.8 Å². The number of aromatic nitrogens is 2. The van der Waals surface area contributed by atoms with E-state index in [0.29, 0.717) is 42.9 Å². The monoisotopic (exact) mass is 934 g/mol. The van der Waals surface area contributed by atoms with Crippen LogP contribution in [-0.2, 0) is 59.6 Å². The molecule has 1 amide bonds. The second-order valence-corrected chi connectivity index (χ2v) is 16.2. The van der Waals surface area contributed by atoms with E-state index in [9.17, 15) is 39.3 Å². The fourth-order valence-corrected chi connectivity index (χ4v) is 7.46. The lowest BCUT2D eigenvalue weighted by molar-refractivity contribution is -0.195. The summed E-state index contributed by atoms with van der Waals surface area (Å²) in [6.07, 6.45) is -2.93. The minimum absolute atomic E-state index is 0.0532. The van der Waals surface area contributed by atoms with Crippen LogP contribution in [0.1, 0.15) is 88.3 Å². The number of aldehydes is 2. The number of carboxylic acids is 1. The number of carbonyl (C=O) groups is 5. The summed E-state index contributed by atoms with van der Waals surface area (Å²) in [5, 5.41) is 43.9. The molecular weight excluding hydrogens is 869 g/mol. The van der Waals surface area contributed by atoms with Crippen molar-refractivity contribution in [3.8, 4) is 17.1 Å². The third kappa shape index (κ3) is 14.8. The third-order valence-electron chi connectivity index (χ3n) is 11.0. The van der Waals surface area contributed by atoms with Crippen LogP contribution in [0, 0.1) is 5.92 Å². The zero-order valence-electron chi connectivity index (χ0n) is 39.4. The largest absolute Gasteiger partial charge is 0.483 e. The van der Waals surface area contributed by atoms with Gasteiger partial charge in [0, 0.05) is 61.2 Å². The topological polar surface area (TPSA) is 282 Å². The molecule has 366 valence electrons. The number of amides is 1. The number of pyridine rings is 2. The van der Waals surface area contributed by atoms with Crippen molar-refractivity contribution in [2.75, 3.05) is 32.6 Å². The first-order valence-corrected chi connectivity index (χ1v) is 22.1. The molecule has 0 bridgehead atoms. The second-order valence-electron chi connectivity index (χ2n) is 16.2. The molecule has 0 aliphatic carbocycles. The average molecular weight is 935 g/mol. The van der Waals surface area contributed by atoms with Crippen LogP contribution in [0.25, 0.3) is 22.3 Å². The molecule has 4 aromatic rings. The zero-order valence-corrected chi connectivity index (χ0v) is 39.4. The van der Waals surface area contributed by atoms with Crippen LogP contribution in [0.15, 0.2) is 53.3 Å². The maximum absolute atomic E-state index is 13.8. The Balaban J connectivity index is 0.000000888. The molecule has 67 heavy (non-hydrogen) atoms. The number of hydrogen-bond donors (Lipinski definition) is 7. The van der Waals surface area contributed by atoms with E-state index in [1.165, 1.54) is 7.11 Å². The van der Waals surface area contributed by atoms with E-state index in [-0.39, 0.29) is 85.4 Å². The maximum atomic E-state index is 13.8. The molecule has 5 unspecified atom stereocenters. The lowest BCUT2D eigenvalue weighted by Crippen LogP contribution is -2.42. The number of fused-ring (bicyclic) bond motifs is 4. The van der Waals surface area contributed by atoms with Gasteiger partial charge in [-0.2, -0.15) is 0 Å². The lowest BCUT2D eigenvalue weighted by Gasteiger charge is -2.32.